The second kappa shape index (κ2) is 6.63. The summed E-state index contributed by atoms with van der Waals surface area (Å²) in [5, 5.41) is 2.84. The lowest BCUT2D eigenvalue weighted by molar-refractivity contribution is 0.0679. The van der Waals surface area contributed by atoms with Gasteiger partial charge in [-0.25, -0.2) is 4.98 Å². The number of carbonyl (C=O) groups is 2. The van der Waals surface area contributed by atoms with E-state index in [1.807, 2.05) is 36.9 Å². The van der Waals surface area contributed by atoms with Gasteiger partial charge in [0, 0.05) is 25.3 Å². The Balaban J connectivity index is 1.99. The van der Waals surface area contributed by atoms with Crippen LogP contribution in [0.1, 0.15) is 54.7 Å². The van der Waals surface area contributed by atoms with E-state index in [-0.39, 0.29) is 23.7 Å². The van der Waals surface area contributed by atoms with Gasteiger partial charge in [-0.1, -0.05) is 13.0 Å². The number of hydrogen-bond donors (Lipinski definition) is 1. The number of pyridine rings is 1. The molecule has 2 amide bonds. The number of fused-ring (bicyclic) bond motifs is 1. The van der Waals surface area contributed by atoms with Crippen molar-refractivity contribution in [2.75, 3.05) is 13.1 Å². The smallest absolute Gasteiger partial charge is 0.287 e. The number of carbonyl (C=O) groups excluding carboxylic acids is 2. The summed E-state index contributed by atoms with van der Waals surface area (Å²) in [6.07, 6.45) is 3.93. The maximum atomic E-state index is 12.9. The van der Waals surface area contributed by atoms with Gasteiger partial charge in [0.15, 0.2) is 5.69 Å². The van der Waals surface area contributed by atoms with E-state index in [0.717, 1.165) is 25.9 Å². The fourth-order valence-electron chi connectivity index (χ4n) is 3.21. The zero-order valence-corrected chi connectivity index (χ0v) is 14.5. The van der Waals surface area contributed by atoms with E-state index in [2.05, 4.69) is 17.2 Å². The number of rotatable bonds is 3. The van der Waals surface area contributed by atoms with Crippen molar-refractivity contribution in [3.63, 3.8) is 0 Å². The van der Waals surface area contributed by atoms with Gasteiger partial charge in [0.1, 0.15) is 0 Å². The van der Waals surface area contributed by atoms with Crippen molar-refractivity contribution >= 4 is 17.3 Å². The Morgan fingerprint density at radius 1 is 1.33 bits per heavy atom. The summed E-state index contributed by atoms with van der Waals surface area (Å²) in [5.41, 5.74) is 1.04. The zero-order valence-electron chi connectivity index (χ0n) is 14.5. The molecule has 24 heavy (non-hydrogen) atoms. The minimum Gasteiger partial charge on any atom is -0.347 e. The lowest BCUT2D eigenvalue weighted by atomic mass is 10.00. The highest BCUT2D eigenvalue weighted by Crippen LogP contribution is 2.20. The highest BCUT2D eigenvalue weighted by molar-refractivity contribution is 6.02. The number of aromatic nitrogens is 2. The average Bonchev–Trinajstić information content (AvgIpc) is 2.93. The lowest BCUT2D eigenvalue weighted by Crippen LogP contribution is -2.39. The third kappa shape index (κ3) is 3.13. The zero-order chi connectivity index (χ0) is 17.3. The van der Waals surface area contributed by atoms with E-state index < -0.39 is 0 Å². The van der Waals surface area contributed by atoms with E-state index in [4.69, 9.17) is 0 Å². The van der Waals surface area contributed by atoms with E-state index in [9.17, 15) is 9.59 Å². The van der Waals surface area contributed by atoms with E-state index in [0.29, 0.717) is 17.1 Å². The topological polar surface area (TPSA) is 66.7 Å². The molecule has 0 spiro atoms. The van der Waals surface area contributed by atoms with E-state index >= 15 is 0 Å². The first kappa shape index (κ1) is 16.5. The Hall–Kier alpha value is -2.37. The molecule has 2 aromatic heterocycles. The van der Waals surface area contributed by atoms with Crippen molar-refractivity contribution in [1.82, 2.24) is 19.6 Å². The molecule has 6 nitrogen and oxygen atoms in total. The molecule has 0 radical (unpaired) electrons. The number of nitrogens with one attached hydrogen (secondary N) is 1. The van der Waals surface area contributed by atoms with Crippen LogP contribution in [0.25, 0.3) is 5.52 Å². The quantitative estimate of drug-likeness (QED) is 0.940. The van der Waals surface area contributed by atoms with Crippen molar-refractivity contribution in [2.24, 2.45) is 5.92 Å². The molecule has 0 bridgehead atoms. The van der Waals surface area contributed by atoms with Crippen LogP contribution in [0.4, 0.5) is 0 Å². The monoisotopic (exact) mass is 328 g/mol. The summed E-state index contributed by atoms with van der Waals surface area (Å²) in [4.78, 5) is 31.6. The molecule has 0 aliphatic carbocycles. The second-order valence-electron chi connectivity index (χ2n) is 6.87. The van der Waals surface area contributed by atoms with Crippen molar-refractivity contribution in [2.45, 2.75) is 39.7 Å². The summed E-state index contributed by atoms with van der Waals surface area (Å²) < 4.78 is 1.69. The molecule has 128 valence electrons. The van der Waals surface area contributed by atoms with Crippen LogP contribution in [-0.2, 0) is 0 Å². The standard InChI is InChI=1S/C18H24N4O2/c1-12(2)19-17(23)16-20-15(14-8-4-5-10-22(14)16)18(24)21-9-6-7-13(3)11-21/h4-5,8,10,12-13H,6-7,9,11H2,1-3H3,(H,19,23). The van der Waals surface area contributed by atoms with Crippen molar-refractivity contribution in [3.8, 4) is 0 Å². The van der Waals surface area contributed by atoms with Crippen LogP contribution in [-0.4, -0.2) is 45.2 Å². The molecule has 0 aromatic carbocycles. The highest BCUT2D eigenvalue weighted by Gasteiger charge is 2.27. The molecule has 1 saturated heterocycles. The Bertz CT molecular complexity index is 765. The molecule has 2 aromatic rings. The van der Waals surface area contributed by atoms with Crippen LogP contribution < -0.4 is 5.32 Å². The van der Waals surface area contributed by atoms with Gasteiger partial charge < -0.3 is 10.2 Å². The number of nitrogens with zero attached hydrogens (tertiary/aromatic N) is 3. The first-order valence-electron chi connectivity index (χ1n) is 8.54. The summed E-state index contributed by atoms with van der Waals surface area (Å²) in [6.45, 7) is 7.46. The lowest BCUT2D eigenvalue weighted by Gasteiger charge is -2.30. The number of piperidine rings is 1. The van der Waals surface area contributed by atoms with Gasteiger partial charge in [0.2, 0.25) is 5.82 Å². The molecule has 6 heteroatoms. The summed E-state index contributed by atoms with van der Waals surface area (Å²) in [7, 11) is 0. The first-order valence-corrected chi connectivity index (χ1v) is 8.54. The minimum atomic E-state index is -0.266. The molecule has 0 saturated carbocycles. The summed E-state index contributed by atoms with van der Waals surface area (Å²) in [5.74, 6) is 0.402. The largest absolute Gasteiger partial charge is 0.347 e. The molecule has 3 rings (SSSR count). The maximum absolute atomic E-state index is 12.9. The molecule has 1 aliphatic rings. The number of likely N-dealkylation sites (tertiary alicyclic amines) is 1. The van der Waals surface area contributed by atoms with Gasteiger partial charge in [-0.15, -0.1) is 0 Å². The van der Waals surface area contributed by atoms with Crippen LogP contribution in [0.15, 0.2) is 24.4 Å². The molecule has 1 aliphatic heterocycles. The Kier molecular flexibility index (Phi) is 4.55. The van der Waals surface area contributed by atoms with Gasteiger partial charge in [-0.3, -0.25) is 14.0 Å². The van der Waals surface area contributed by atoms with Crippen LogP contribution in [0.3, 0.4) is 0 Å². The van der Waals surface area contributed by atoms with E-state index in [1.54, 1.807) is 10.6 Å². The second-order valence-corrected chi connectivity index (χ2v) is 6.87. The average molecular weight is 328 g/mol. The van der Waals surface area contributed by atoms with Gasteiger partial charge in [0.05, 0.1) is 5.52 Å². The Morgan fingerprint density at radius 2 is 2.12 bits per heavy atom. The fraction of sp³-hybridized carbons (Fsp3) is 0.500. The minimum absolute atomic E-state index is 0.00987. The van der Waals surface area contributed by atoms with E-state index in [1.165, 1.54) is 0 Å². The predicted molar refractivity (Wildman–Crippen MR) is 92.1 cm³/mol. The van der Waals surface area contributed by atoms with Crippen LogP contribution in [0.5, 0.6) is 0 Å². The normalized spacial score (nSPS) is 18.2. The molecular weight excluding hydrogens is 304 g/mol. The Morgan fingerprint density at radius 3 is 2.83 bits per heavy atom. The number of amides is 2. The van der Waals surface area contributed by atoms with Crippen molar-refractivity contribution in [3.05, 3.63) is 35.9 Å². The fourth-order valence-corrected chi connectivity index (χ4v) is 3.21. The van der Waals surface area contributed by atoms with Crippen molar-refractivity contribution in [1.29, 1.82) is 0 Å². The summed E-state index contributed by atoms with van der Waals surface area (Å²) in [6, 6.07) is 5.53. The Labute approximate surface area is 141 Å². The molecule has 1 N–H and O–H groups in total. The predicted octanol–water partition coefficient (Wildman–Crippen LogP) is 2.34. The molecule has 3 heterocycles. The molecule has 1 atom stereocenters. The van der Waals surface area contributed by atoms with Gasteiger partial charge in [-0.05, 0) is 44.7 Å². The third-order valence-electron chi connectivity index (χ3n) is 4.32. The van der Waals surface area contributed by atoms with Gasteiger partial charge >= 0.3 is 0 Å². The van der Waals surface area contributed by atoms with Crippen LogP contribution >= 0.6 is 0 Å². The number of hydrogen-bond acceptors (Lipinski definition) is 3. The third-order valence-corrected chi connectivity index (χ3v) is 4.32. The number of imidazole rings is 1. The highest BCUT2D eigenvalue weighted by atomic mass is 16.2. The molecule has 1 unspecified atom stereocenters. The SMILES string of the molecule is CC1CCCN(C(=O)c2nc(C(=O)NC(C)C)n3ccccc23)C1. The van der Waals surface area contributed by atoms with Crippen LogP contribution in [0.2, 0.25) is 0 Å². The first-order chi connectivity index (χ1) is 11.5. The van der Waals surface area contributed by atoms with Gasteiger partial charge in [-0.2, -0.15) is 0 Å². The van der Waals surface area contributed by atoms with Crippen LogP contribution in [0, 0.1) is 5.92 Å². The molecular formula is C18H24N4O2. The maximum Gasteiger partial charge on any atom is 0.287 e. The van der Waals surface area contributed by atoms with Crippen molar-refractivity contribution < 1.29 is 9.59 Å². The summed E-state index contributed by atoms with van der Waals surface area (Å²) >= 11 is 0. The molecule has 1 fully saturated rings. The van der Waals surface area contributed by atoms with Gasteiger partial charge in [0.25, 0.3) is 11.8 Å².